The van der Waals surface area contributed by atoms with E-state index in [-0.39, 0.29) is 0 Å². The number of aryl methyl sites for hydroxylation is 1. The molecule has 134 valence electrons. The zero-order chi connectivity index (χ0) is 19.0. The van der Waals surface area contributed by atoms with Crippen molar-refractivity contribution < 1.29 is 9.47 Å². The molecule has 2 aromatic carbocycles. The minimum Gasteiger partial charge on any atom is -0.493 e. The van der Waals surface area contributed by atoms with Gasteiger partial charge >= 0.3 is 0 Å². The van der Waals surface area contributed by atoms with Crippen molar-refractivity contribution in [1.82, 2.24) is 9.55 Å². The summed E-state index contributed by atoms with van der Waals surface area (Å²) in [7, 11) is 3.22. The molecule has 0 unspecified atom stereocenters. The predicted octanol–water partition coefficient (Wildman–Crippen LogP) is 4.39. The van der Waals surface area contributed by atoms with E-state index in [2.05, 4.69) is 15.6 Å². The van der Waals surface area contributed by atoms with Crippen LogP contribution in [-0.2, 0) is 13.0 Å². The lowest BCUT2D eigenvalue weighted by Gasteiger charge is -2.27. The van der Waals surface area contributed by atoms with Crippen molar-refractivity contribution in [2.75, 3.05) is 14.2 Å². The summed E-state index contributed by atoms with van der Waals surface area (Å²) in [4.78, 5) is 4.58. The van der Waals surface area contributed by atoms with Crippen molar-refractivity contribution in [3.8, 4) is 40.2 Å². The number of nitrogens with zero attached hydrogens (tertiary/aromatic N) is 3. The van der Waals surface area contributed by atoms with Crippen LogP contribution in [0.2, 0.25) is 0 Å². The highest BCUT2D eigenvalue weighted by molar-refractivity contribution is 7.71. The van der Waals surface area contributed by atoms with Crippen molar-refractivity contribution >= 4 is 12.2 Å². The van der Waals surface area contributed by atoms with Crippen molar-refractivity contribution in [2.24, 2.45) is 0 Å². The normalized spacial score (nSPS) is 11.9. The van der Waals surface area contributed by atoms with Gasteiger partial charge in [-0.15, -0.1) is 0 Å². The van der Waals surface area contributed by atoms with Crippen LogP contribution in [0.4, 0.5) is 0 Å². The molecule has 0 fully saturated rings. The highest BCUT2D eigenvalue weighted by Gasteiger charge is 2.25. The number of fused-ring (bicyclic) bond motifs is 3. The second kappa shape index (κ2) is 6.86. The molecule has 0 atom stereocenters. The molecule has 1 aliphatic heterocycles. The molecule has 3 aromatic rings. The first-order valence-electron chi connectivity index (χ1n) is 8.53. The average Bonchev–Trinajstić information content (AvgIpc) is 2.72. The molecule has 0 bridgehead atoms. The van der Waals surface area contributed by atoms with Gasteiger partial charge in [0.15, 0.2) is 11.5 Å². The Morgan fingerprint density at radius 1 is 1.11 bits per heavy atom. The summed E-state index contributed by atoms with van der Waals surface area (Å²) in [5.74, 6) is 2.08. The van der Waals surface area contributed by atoms with Gasteiger partial charge < -0.3 is 14.0 Å². The molecule has 0 spiro atoms. The van der Waals surface area contributed by atoms with Crippen LogP contribution in [-0.4, -0.2) is 23.8 Å². The van der Waals surface area contributed by atoms with Crippen molar-refractivity contribution in [2.45, 2.75) is 13.0 Å². The van der Waals surface area contributed by atoms with Gasteiger partial charge in [-0.3, -0.25) is 0 Å². The number of nitriles is 1. The molecule has 0 N–H and O–H groups in total. The Balaban J connectivity index is 2.07. The zero-order valence-electron chi connectivity index (χ0n) is 15.0. The Morgan fingerprint density at radius 3 is 2.48 bits per heavy atom. The summed E-state index contributed by atoms with van der Waals surface area (Å²) >= 11 is 5.46. The molecule has 0 saturated heterocycles. The van der Waals surface area contributed by atoms with Crippen molar-refractivity contribution in [3.63, 3.8) is 0 Å². The van der Waals surface area contributed by atoms with Gasteiger partial charge in [-0.1, -0.05) is 42.5 Å². The lowest BCUT2D eigenvalue weighted by Crippen LogP contribution is -2.18. The van der Waals surface area contributed by atoms with Crippen LogP contribution in [0.25, 0.3) is 22.6 Å². The lowest BCUT2D eigenvalue weighted by molar-refractivity contribution is 0.354. The number of rotatable bonds is 3. The van der Waals surface area contributed by atoms with E-state index in [0.717, 1.165) is 34.6 Å². The molecule has 4 rings (SSSR count). The third kappa shape index (κ3) is 2.77. The van der Waals surface area contributed by atoms with Gasteiger partial charge in [0.05, 0.1) is 19.9 Å². The summed E-state index contributed by atoms with van der Waals surface area (Å²) in [5, 5.41) is 9.76. The van der Waals surface area contributed by atoms with Gasteiger partial charge in [0, 0.05) is 17.7 Å². The van der Waals surface area contributed by atoms with Crippen LogP contribution in [0.3, 0.4) is 0 Å². The first-order valence-corrected chi connectivity index (χ1v) is 8.94. The molecule has 0 aliphatic carbocycles. The smallest absolute Gasteiger partial charge is 0.161 e. The van der Waals surface area contributed by atoms with Gasteiger partial charge in [0.1, 0.15) is 22.1 Å². The van der Waals surface area contributed by atoms with E-state index >= 15 is 0 Å². The molecule has 1 aromatic heterocycles. The van der Waals surface area contributed by atoms with E-state index in [9.17, 15) is 5.26 Å². The summed E-state index contributed by atoms with van der Waals surface area (Å²) < 4.78 is 13.3. The first kappa shape index (κ1) is 17.3. The first-order chi connectivity index (χ1) is 13.2. The molecule has 27 heavy (non-hydrogen) atoms. The molecular weight excluding hydrogens is 358 g/mol. The molecule has 1 aliphatic rings. The Morgan fingerprint density at radius 2 is 1.81 bits per heavy atom. The zero-order valence-corrected chi connectivity index (χ0v) is 15.8. The molecule has 0 radical (unpaired) electrons. The fourth-order valence-electron chi connectivity index (χ4n) is 3.54. The van der Waals surface area contributed by atoms with Gasteiger partial charge in [-0.05, 0) is 24.1 Å². The van der Waals surface area contributed by atoms with Crippen LogP contribution in [0.5, 0.6) is 11.5 Å². The summed E-state index contributed by atoms with van der Waals surface area (Å²) in [6, 6.07) is 16.0. The van der Waals surface area contributed by atoms with Crippen LogP contribution < -0.4 is 9.47 Å². The molecule has 5 nitrogen and oxygen atoms in total. The van der Waals surface area contributed by atoms with E-state index in [0.29, 0.717) is 28.2 Å². The third-order valence-electron chi connectivity index (χ3n) is 4.80. The van der Waals surface area contributed by atoms with E-state index in [1.165, 1.54) is 0 Å². The second-order valence-electron chi connectivity index (χ2n) is 6.21. The molecular formula is C21H17N3O2S. The molecule has 6 heteroatoms. The number of hydrogen-bond donors (Lipinski definition) is 0. The number of hydrogen-bond acceptors (Lipinski definition) is 5. The Hall–Kier alpha value is -3.17. The van der Waals surface area contributed by atoms with Crippen molar-refractivity contribution in [3.05, 3.63) is 58.2 Å². The summed E-state index contributed by atoms with van der Waals surface area (Å²) in [5.41, 5.74) is 4.21. The van der Waals surface area contributed by atoms with Crippen LogP contribution >= 0.6 is 12.2 Å². The standard InChI is InChI=1S/C21H17N3O2S/c1-25-17-10-14-8-9-24-19(15(14)11-18(17)26-2)16(12-22)21(27)23-20(24)13-6-4-3-5-7-13/h3-7,10-11H,8-9H2,1-2H3. The number of aromatic nitrogens is 2. The van der Waals surface area contributed by atoms with Crippen molar-refractivity contribution in [1.29, 1.82) is 5.26 Å². The molecule has 2 heterocycles. The van der Waals surface area contributed by atoms with Gasteiger partial charge in [0.25, 0.3) is 0 Å². The van der Waals surface area contributed by atoms with E-state index in [4.69, 9.17) is 21.7 Å². The number of methoxy groups -OCH3 is 2. The topological polar surface area (TPSA) is 60.1 Å². The van der Waals surface area contributed by atoms with Gasteiger partial charge in [0.2, 0.25) is 0 Å². The van der Waals surface area contributed by atoms with Gasteiger partial charge in [-0.25, -0.2) is 4.98 Å². The molecule has 0 saturated carbocycles. The number of benzene rings is 2. The van der Waals surface area contributed by atoms with E-state index < -0.39 is 0 Å². The summed E-state index contributed by atoms with van der Waals surface area (Å²) in [6.07, 6.45) is 0.802. The maximum absolute atomic E-state index is 9.76. The Kier molecular flexibility index (Phi) is 4.38. The number of ether oxygens (including phenoxy) is 2. The second-order valence-corrected chi connectivity index (χ2v) is 6.59. The quantitative estimate of drug-likeness (QED) is 0.635. The maximum Gasteiger partial charge on any atom is 0.161 e. The van der Waals surface area contributed by atoms with Crippen LogP contribution in [0.1, 0.15) is 11.1 Å². The largest absolute Gasteiger partial charge is 0.493 e. The fraction of sp³-hybridized carbons (Fsp3) is 0.190. The maximum atomic E-state index is 9.76. The minimum absolute atomic E-state index is 0.310. The average molecular weight is 375 g/mol. The lowest BCUT2D eigenvalue weighted by atomic mass is 9.94. The SMILES string of the molecule is COc1cc2c(cc1OC)-c1c(C#N)c(=S)nc(-c3ccccc3)n1CC2. The monoisotopic (exact) mass is 375 g/mol. The third-order valence-corrected chi connectivity index (χ3v) is 5.09. The predicted molar refractivity (Wildman–Crippen MR) is 105 cm³/mol. The highest BCUT2D eigenvalue weighted by Crippen LogP contribution is 2.41. The highest BCUT2D eigenvalue weighted by atomic mass is 32.1. The molecule has 0 amide bonds. The van der Waals surface area contributed by atoms with E-state index in [1.54, 1.807) is 14.2 Å². The minimum atomic E-state index is 0.310. The van der Waals surface area contributed by atoms with Crippen LogP contribution in [0.15, 0.2) is 42.5 Å². The van der Waals surface area contributed by atoms with E-state index in [1.807, 2.05) is 42.5 Å². The Bertz CT molecular complexity index is 1130. The summed E-state index contributed by atoms with van der Waals surface area (Å²) in [6.45, 7) is 0.708. The fourth-order valence-corrected chi connectivity index (χ4v) is 3.77. The van der Waals surface area contributed by atoms with Crippen LogP contribution in [0, 0.1) is 16.0 Å². The Labute approximate surface area is 162 Å². The van der Waals surface area contributed by atoms with Gasteiger partial charge in [-0.2, -0.15) is 5.26 Å².